The lowest BCUT2D eigenvalue weighted by molar-refractivity contribution is -0.145. The summed E-state index contributed by atoms with van der Waals surface area (Å²) in [5.41, 5.74) is 2.60. The number of Topliss-reactive ketones (excluding diaryl/α,β-unsaturated/α-hetero) is 1. The van der Waals surface area contributed by atoms with Gasteiger partial charge in [-0.2, -0.15) is 4.98 Å². The number of aromatic nitrogens is 2. The highest BCUT2D eigenvalue weighted by molar-refractivity contribution is 5.97. The molecule has 0 aliphatic heterocycles. The van der Waals surface area contributed by atoms with Crippen molar-refractivity contribution < 1.29 is 23.2 Å². The van der Waals surface area contributed by atoms with E-state index in [1.54, 1.807) is 31.2 Å². The molecule has 0 amide bonds. The Hall–Kier alpha value is -3.35. The lowest BCUT2D eigenvalue weighted by Gasteiger charge is -2.03. The molecule has 0 unspecified atom stereocenters. The third-order valence-electron chi connectivity index (χ3n) is 4.18. The van der Waals surface area contributed by atoms with Crippen LogP contribution in [0.2, 0.25) is 0 Å². The lowest BCUT2D eigenvalue weighted by atomic mass is 10.1. The van der Waals surface area contributed by atoms with E-state index in [2.05, 4.69) is 10.1 Å². The van der Waals surface area contributed by atoms with Crippen LogP contribution in [0.4, 0.5) is 4.39 Å². The fourth-order valence-electron chi connectivity index (χ4n) is 2.48. The monoisotopic (exact) mass is 382 g/mol. The van der Waals surface area contributed by atoms with E-state index in [1.807, 2.05) is 19.1 Å². The van der Waals surface area contributed by atoms with Crippen LogP contribution in [0.15, 0.2) is 47.0 Å². The van der Waals surface area contributed by atoms with Gasteiger partial charge >= 0.3 is 5.97 Å². The first-order chi connectivity index (χ1) is 13.4. The number of nitrogens with zero attached hydrogens (tertiary/aromatic N) is 2. The van der Waals surface area contributed by atoms with Crippen LogP contribution < -0.4 is 0 Å². The van der Waals surface area contributed by atoms with Crippen molar-refractivity contribution >= 4 is 11.8 Å². The number of carbonyl (C=O) groups excluding carboxylic acids is 2. The van der Waals surface area contributed by atoms with Crippen molar-refractivity contribution in [3.8, 4) is 11.4 Å². The Balaban J connectivity index is 1.49. The van der Waals surface area contributed by atoms with Crippen LogP contribution in [0.3, 0.4) is 0 Å². The number of esters is 1. The summed E-state index contributed by atoms with van der Waals surface area (Å²) < 4.78 is 23.7. The SMILES string of the molecule is Cc1ccc(C(=O)CCC(=O)OCc2nc(-c3ccc(C)c(F)c3)no2)cc1. The Kier molecular flexibility index (Phi) is 5.93. The van der Waals surface area contributed by atoms with Crippen LogP contribution in [0, 0.1) is 19.7 Å². The van der Waals surface area contributed by atoms with Gasteiger partial charge in [-0.25, -0.2) is 4.39 Å². The van der Waals surface area contributed by atoms with E-state index in [1.165, 1.54) is 6.07 Å². The molecule has 0 atom stereocenters. The minimum absolute atomic E-state index is 0.0448. The third kappa shape index (κ3) is 4.88. The predicted octanol–water partition coefficient (Wildman–Crippen LogP) is 4.20. The Morgan fingerprint density at radius 1 is 1.07 bits per heavy atom. The van der Waals surface area contributed by atoms with E-state index >= 15 is 0 Å². The van der Waals surface area contributed by atoms with Gasteiger partial charge in [-0.05, 0) is 25.5 Å². The molecule has 2 aromatic carbocycles. The second-order valence-corrected chi connectivity index (χ2v) is 6.43. The fourth-order valence-corrected chi connectivity index (χ4v) is 2.48. The zero-order valence-corrected chi connectivity index (χ0v) is 15.6. The van der Waals surface area contributed by atoms with Crippen molar-refractivity contribution in [2.45, 2.75) is 33.3 Å². The highest BCUT2D eigenvalue weighted by Crippen LogP contribution is 2.19. The Labute approximate surface area is 161 Å². The van der Waals surface area contributed by atoms with Crippen LogP contribution in [0.5, 0.6) is 0 Å². The summed E-state index contributed by atoms with van der Waals surface area (Å²) in [5, 5.41) is 3.76. The number of ether oxygens (including phenoxy) is 1. The zero-order chi connectivity index (χ0) is 20.1. The van der Waals surface area contributed by atoms with Crippen molar-refractivity contribution in [3.63, 3.8) is 0 Å². The van der Waals surface area contributed by atoms with E-state index in [-0.39, 0.29) is 42.8 Å². The number of hydrogen-bond acceptors (Lipinski definition) is 6. The molecule has 0 fully saturated rings. The van der Waals surface area contributed by atoms with E-state index in [9.17, 15) is 14.0 Å². The maximum absolute atomic E-state index is 13.6. The molecule has 0 spiro atoms. The number of halogens is 1. The van der Waals surface area contributed by atoms with Gasteiger partial charge in [0.15, 0.2) is 12.4 Å². The molecule has 28 heavy (non-hydrogen) atoms. The molecule has 0 radical (unpaired) electrons. The summed E-state index contributed by atoms with van der Waals surface area (Å²) in [7, 11) is 0. The molecule has 6 nitrogen and oxygen atoms in total. The van der Waals surface area contributed by atoms with Crippen LogP contribution >= 0.6 is 0 Å². The minimum Gasteiger partial charge on any atom is -0.456 e. The quantitative estimate of drug-likeness (QED) is 0.450. The Morgan fingerprint density at radius 3 is 2.54 bits per heavy atom. The first kappa shape index (κ1) is 19.4. The number of hydrogen-bond donors (Lipinski definition) is 0. The van der Waals surface area contributed by atoms with Crippen molar-refractivity contribution in [2.24, 2.45) is 0 Å². The van der Waals surface area contributed by atoms with Crippen LogP contribution in [-0.4, -0.2) is 21.9 Å². The first-order valence-electron chi connectivity index (χ1n) is 8.77. The molecule has 3 rings (SSSR count). The standard InChI is InChI=1S/C21H19FN2O4/c1-13-3-6-15(7-4-13)18(25)9-10-20(26)27-12-19-23-21(24-28-19)16-8-5-14(2)17(22)11-16/h3-8,11H,9-10,12H2,1-2H3. The van der Waals surface area contributed by atoms with Crippen LogP contribution in [0.25, 0.3) is 11.4 Å². The molecule has 1 heterocycles. The first-order valence-corrected chi connectivity index (χ1v) is 8.77. The molecule has 0 bridgehead atoms. The summed E-state index contributed by atoms with van der Waals surface area (Å²) in [5.74, 6) is -0.734. The van der Waals surface area contributed by atoms with Gasteiger partial charge < -0.3 is 9.26 Å². The number of aryl methyl sites for hydroxylation is 2. The maximum atomic E-state index is 13.6. The van der Waals surface area contributed by atoms with E-state index in [0.29, 0.717) is 16.7 Å². The van der Waals surface area contributed by atoms with Gasteiger partial charge in [-0.15, -0.1) is 0 Å². The Bertz CT molecular complexity index is 996. The van der Waals surface area contributed by atoms with Gasteiger partial charge in [0, 0.05) is 17.5 Å². The second kappa shape index (κ2) is 8.56. The van der Waals surface area contributed by atoms with Crippen LogP contribution in [0.1, 0.15) is 40.2 Å². The number of benzene rings is 2. The van der Waals surface area contributed by atoms with Gasteiger partial charge in [-0.1, -0.05) is 47.1 Å². The maximum Gasteiger partial charge on any atom is 0.306 e. The molecule has 0 saturated heterocycles. The molecular formula is C21H19FN2O4. The highest BCUT2D eigenvalue weighted by Gasteiger charge is 2.14. The molecular weight excluding hydrogens is 363 g/mol. The number of ketones is 1. The smallest absolute Gasteiger partial charge is 0.306 e. The molecule has 0 aliphatic carbocycles. The highest BCUT2D eigenvalue weighted by atomic mass is 19.1. The molecule has 3 aromatic rings. The van der Waals surface area contributed by atoms with Gasteiger partial charge in [0.05, 0.1) is 6.42 Å². The molecule has 7 heteroatoms. The molecule has 0 aliphatic rings. The zero-order valence-electron chi connectivity index (χ0n) is 15.6. The van der Waals surface area contributed by atoms with Gasteiger partial charge in [-0.3, -0.25) is 9.59 Å². The lowest BCUT2D eigenvalue weighted by Crippen LogP contribution is -2.08. The fraction of sp³-hybridized carbons (Fsp3) is 0.238. The summed E-state index contributed by atoms with van der Waals surface area (Å²) in [4.78, 5) is 28.0. The predicted molar refractivity (Wildman–Crippen MR) is 99.0 cm³/mol. The summed E-state index contributed by atoms with van der Waals surface area (Å²) >= 11 is 0. The Morgan fingerprint density at radius 2 is 1.82 bits per heavy atom. The van der Waals surface area contributed by atoms with Gasteiger partial charge in [0.2, 0.25) is 5.82 Å². The summed E-state index contributed by atoms with van der Waals surface area (Å²) in [6.07, 6.45) is 0.0104. The topological polar surface area (TPSA) is 82.3 Å². The average Bonchev–Trinajstić information content (AvgIpc) is 3.16. The van der Waals surface area contributed by atoms with E-state index < -0.39 is 5.97 Å². The van der Waals surface area contributed by atoms with E-state index in [0.717, 1.165) is 5.56 Å². The van der Waals surface area contributed by atoms with Crippen molar-refractivity contribution in [1.82, 2.24) is 10.1 Å². The summed E-state index contributed by atoms with van der Waals surface area (Å²) in [6.45, 7) is 3.38. The third-order valence-corrected chi connectivity index (χ3v) is 4.18. The van der Waals surface area contributed by atoms with Crippen molar-refractivity contribution in [3.05, 3.63) is 70.9 Å². The second-order valence-electron chi connectivity index (χ2n) is 6.43. The molecule has 0 saturated carbocycles. The number of rotatable bonds is 7. The molecule has 0 N–H and O–H groups in total. The average molecular weight is 382 g/mol. The largest absolute Gasteiger partial charge is 0.456 e. The number of carbonyl (C=O) groups is 2. The summed E-state index contributed by atoms with van der Waals surface area (Å²) in [6, 6.07) is 11.8. The van der Waals surface area contributed by atoms with Crippen molar-refractivity contribution in [1.29, 1.82) is 0 Å². The van der Waals surface area contributed by atoms with E-state index in [4.69, 9.17) is 9.26 Å². The normalized spacial score (nSPS) is 10.7. The van der Waals surface area contributed by atoms with Crippen molar-refractivity contribution in [2.75, 3.05) is 0 Å². The van der Waals surface area contributed by atoms with Gasteiger partial charge in [0.25, 0.3) is 5.89 Å². The molecule has 1 aromatic heterocycles. The van der Waals surface area contributed by atoms with Crippen LogP contribution in [-0.2, 0) is 16.1 Å². The van der Waals surface area contributed by atoms with Gasteiger partial charge in [0.1, 0.15) is 5.82 Å². The molecule has 144 valence electrons. The minimum atomic E-state index is -0.540.